The van der Waals surface area contributed by atoms with E-state index >= 15 is 0 Å². The highest BCUT2D eigenvalue weighted by Crippen LogP contribution is 2.49. The van der Waals surface area contributed by atoms with Crippen LogP contribution in [0.2, 0.25) is 0 Å². The molecule has 0 atom stereocenters. The van der Waals surface area contributed by atoms with Gasteiger partial charge < -0.3 is 4.90 Å². The van der Waals surface area contributed by atoms with E-state index in [2.05, 4.69) is 243 Å². The molecule has 3 nitrogen and oxygen atoms in total. The molecule has 0 radical (unpaired) electrons. The predicted octanol–water partition coefficient (Wildman–Crippen LogP) is 16.3. The molecule has 3 heteroatoms. The predicted molar refractivity (Wildman–Crippen MR) is 267 cm³/mol. The van der Waals surface area contributed by atoms with Crippen LogP contribution in [0.25, 0.3) is 78.4 Å². The monoisotopic (exact) mass is 819 g/mol. The third-order valence-electron chi connectivity index (χ3n) is 12.7. The highest BCUT2D eigenvalue weighted by molar-refractivity contribution is 5.85. The van der Waals surface area contributed by atoms with Gasteiger partial charge in [0.05, 0.1) is 11.4 Å². The number of nitrogens with zero attached hydrogens (tertiary/aromatic N) is 3. The smallest absolute Gasteiger partial charge is 0.160 e. The molecular weight excluding hydrogens is 775 g/mol. The SMILES string of the molecule is CC1(C)c2ccccc2-c2ccc(-c3ccc(N(c4ccc(-c5ccc(-c6ccccc6)cc5)cc4)c4ccc(-c5nc(-c6ccccc6)cc(-c6ccccc6)n5)cc4)cc3)cc21. The first-order chi connectivity index (χ1) is 31.5. The molecule has 0 saturated carbocycles. The molecule has 1 aliphatic rings. The molecule has 11 rings (SSSR count). The summed E-state index contributed by atoms with van der Waals surface area (Å²) in [5, 5.41) is 0. The minimum atomic E-state index is -0.0576. The van der Waals surface area contributed by atoms with E-state index < -0.39 is 0 Å². The fourth-order valence-corrected chi connectivity index (χ4v) is 9.27. The van der Waals surface area contributed by atoms with Gasteiger partial charge in [0.1, 0.15) is 0 Å². The lowest BCUT2D eigenvalue weighted by molar-refractivity contribution is 0.660. The summed E-state index contributed by atoms with van der Waals surface area (Å²) in [4.78, 5) is 12.5. The number of hydrogen-bond acceptors (Lipinski definition) is 3. The average Bonchev–Trinajstić information content (AvgIpc) is 3.60. The van der Waals surface area contributed by atoms with Gasteiger partial charge in [0, 0.05) is 39.2 Å². The Labute approximate surface area is 375 Å². The van der Waals surface area contributed by atoms with Crippen molar-refractivity contribution < 1.29 is 0 Å². The molecule has 0 aliphatic heterocycles. The van der Waals surface area contributed by atoms with E-state index in [4.69, 9.17) is 9.97 Å². The summed E-state index contributed by atoms with van der Waals surface area (Å²) in [6.07, 6.45) is 0. The third-order valence-corrected chi connectivity index (χ3v) is 12.7. The lowest BCUT2D eigenvalue weighted by Gasteiger charge is -2.26. The summed E-state index contributed by atoms with van der Waals surface area (Å²) in [5.41, 5.74) is 20.6. The maximum Gasteiger partial charge on any atom is 0.160 e. The molecule has 0 spiro atoms. The second-order valence-electron chi connectivity index (χ2n) is 17.0. The van der Waals surface area contributed by atoms with Crippen LogP contribution < -0.4 is 4.90 Å². The first-order valence-electron chi connectivity index (χ1n) is 22.0. The van der Waals surface area contributed by atoms with E-state index in [1.165, 1.54) is 55.6 Å². The first kappa shape index (κ1) is 38.8. The van der Waals surface area contributed by atoms with Crippen LogP contribution in [-0.2, 0) is 5.41 Å². The molecule has 1 aliphatic carbocycles. The normalized spacial score (nSPS) is 12.3. The molecule has 10 aromatic rings. The molecule has 1 heterocycles. The van der Waals surface area contributed by atoms with E-state index in [-0.39, 0.29) is 5.41 Å². The minimum absolute atomic E-state index is 0.0576. The zero-order valence-electron chi connectivity index (χ0n) is 35.9. The topological polar surface area (TPSA) is 29.0 Å². The molecule has 9 aromatic carbocycles. The van der Waals surface area contributed by atoms with E-state index in [0.717, 1.165) is 45.1 Å². The summed E-state index contributed by atoms with van der Waals surface area (Å²) in [7, 11) is 0. The second-order valence-corrected chi connectivity index (χ2v) is 17.0. The Morgan fingerprint density at radius 1 is 0.297 bits per heavy atom. The number of hydrogen-bond donors (Lipinski definition) is 0. The van der Waals surface area contributed by atoms with Crippen molar-refractivity contribution in [3.63, 3.8) is 0 Å². The van der Waals surface area contributed by atoms with Crippen molar-refractivity contribution in [2.24, 2.45) is 0 Å². The molecule has 0 bridgehead atoms. The van der Waals surface area contributed by atoms with Crippen LogP contribution in [0.4, 0.5) is 17.1 Å². The van der Waals surface area contributed by atoms with Gasteiger partial charge in [-0.3, -0.25) is 0 Å². The fraction of sp³-hybridized carbons (Fsp3) is 0.0492. The van der Waals surface area contributed by atoms with Crippen molar-refractivity contribution in [1.82, 2.24) is 9.97 Å². The van der Waals surface area contributed by atoms with Gasteiger partial charge in [0.15, 0.2) is 5.82 Å². The lowest BCUT2D eigenvalue weighted by Crippen LogP contribution is -2.14. The van der Waals surface area contributed by atoms with E-state index in [0.29, 0.717) is 5.82 Å². The summed E-state index contributed by atoms with van der Waals surface area (Å²) in [6, 6.07) is 84.4. The van der Waals surface area contributed by atoms with Gasteiger partial charge in [-0.15, -0.1) is 0 Å². The van der Waals surface area contributed by atoms with Crippen molar-refractivity contribution in [1.29, 1.82) is 0 Å². The van der Waals surface area contributed by atoms with E-state index in [9.17, 15) is 0 Å². The molecule has 64 heavy (non-hydrogen) atoms. The van der Waals surface area contributed by atoms with Crippen LogP contribution in [-0.4, -0.2) is 9.97 Å². The lowest BCUT2D eigenvalue weighted by atomic mass is 9.81. The van der Waals surface area contributed by atoms with Crippen LogP contribution >= 0.6 is 0 Å². The summed E-state index contributed by atoms with van der Waals surface area (Å²) >= 11 is 0. The summed E-state index contributed by atoms with van der Waals surface area (Å²) < 4.78 is 0. The highest BCUT2D eigenvalue weighted by Gasteiger charge is 2.35. The molecule has 0 saturated heterocycles. The van der Waals surface area contributed by atoms with Crippen molar-refractivity contribution >= 4 is 17.1 Å². The Bertz CT molecular complexity index is 3170. The number of benzene rings is 9. The maximum absolute atomic E-state index is 5.11. The van der Waals surface area contributed by atoms with Gasteiger partial charge in [-0.2, -0.15) is 0 Å². The Morgan fingerprint density at radius 2 is 0.656 bits per heavy atom. The standard InChI is InChI=1S/C61H45N3/c1-61(2)56-21-13-12-20-54(56)55-39-32-50(40-57(55)61)46-28-35-52(36-29-46)64(51-33-26-45(27-34-51)44-24-22-43(23-25-44)42-14-6-3-7-15-42)53-37-30-49(31-38-53)60-62-58(47-16-8-4-9-17-47)41-59(63-60)48-18-10-5-11-19-48/h3-41H,1-2H3. The van der Waals surface area contributed by atoms with Crippen molar-refractivity contribution in [3.05, 3.63) is 248 Å². The molecular formula is C61H45N3. The van der Waals surface area contributed by atoms with Gasteiger partial charge >= 0.3 is 0 Å². The van der Waals surface area contributed by atoms with Crippen LogP contribution in [0, 0.1) is 0 Å². The van der Waals surface area contributed by atoms with E-state index in [1.807, 2.05) is 12.1 Å². The molecule has 0 N–H and O–H groups in total. The molecule has 0 amide bonds. The Hall–Kier alpha value is -8.14. The van der Waals surface area contributed by atoms with Crippen molar-refractivity contribution in [2.45, 2.75) is 19.3 Å². The first-order valence-corrected chi connectivity index (χ1v) is 22.0. The molecule has 304 valence electrons. The zero-order valence-corrected chi connectivity index (χ0v) is 35.9. The Balaban J connectivity index is 0.954. The number of fused-ring (bicyclic) bond motifs is 3. The van der Waals surface area contributed by atoms with E-state index in [1.54, 1.807) is 0 Å². The molecule has 0 unspecified atom stereocenters. The van der Waals surface area contributed by atoms with Gasteiger partial charge in [-0.25, -0.2) is 9.97 Å². The van der Waals surface area contributed by atoms with Gasteiger partial charge in [-0.05, 0) is 116 Å². The van der Waals surface area contributed by atoms with Crippen molar-refractivity contribution in [2.75, 3.05) is 4.90 Å². The van der Waals surface area contributed by atoms with Crippen LogP contribution in [0.1, 0.15) is 25.0 Å². The summed E-state index contributed by atoms with van der Waals surface area (Å²) in [5.74, 6) is 0.686. The third kappa shape index (κ3) is 7.27. The highest BCUT2D eigenvalue weighted by atomic mass is 15.1. The van der Waals surface area contributed by atoms with Gasteiger partial charge in [0.25, 0.3) is 0 Å². The minimum Gasteiger partial charge on any atom is -0.311 e. The Kier molecular flexibility index (Phi) is 9.86. The van der Waals surface area contributed by atoms with Crippen LogP contribution in [0.5, 0.6) is 0 Å². The maximum atomic E-state index is 5.11. The number of anilines is 3. The quantitative estimate of drug-likeness (QED) is 0.145. The molecule has 0 fully saturated rings. The van der Waals surface area contributed by atoms with Gasteiger partial charge in [-0.1, -0.05) is 190 Å². The fourth-order valence-electron chi connectivity index (χ4n) is 9.27. The van der Waals surface area contributed by atoms with Crippen LogP contribution in [0.15, 0.2) is 237 Å². The second kappa shape index (κ2) is 16.3. The molecule has 1 aromatic heterocycles. The largest absolute Gasteiger partial charge is 0.311 e. The van der Waals surface area contributed by atoms with Gasteiger partial charge in [0.2, 0.25) is 0 Å². The summed E-state index contributed by atoms with van der Waals surface area (Å²) in [6.45, 7) is 4.68. The van der Waals surface area contributed by atoms with Crippen LogP contribution in [0.3, 0.4) is 0 Å². The zero-order chi connectivity index (χ0) is 43.0. The number of rotatable bonds is 9. The van der Waals surface area contributed by atoms with Crippen molar-refractivity contribution in [3.8, 4) is 78.4 Å². The average molecular weight is 820 g/mol. The Morgan fingerprint density at radius 3 is 1.16 bits per heavy atom. The number of aromatic nitrogens is 2.